The largest absolute Gasteiger partial charge is 0.317 e. The minimum Gasteiger partial charge on any atom is -0.317 e. The second kappa shape index (κ2) is 8.79. The summed E-state index contributed by atoms with van der Waals surface area (Å²) in [5.41, 5.74) is 2.20. The van der Waals surface area contributed by atoms with E-state index >= 15 is 0 Å². The van der Waals surface area contributed by atoms with E-state index in [9.17, 15) is 0 Å². The van der Waals surface area contributed by atoms with E-state index < -0.39 is 0 Å². The van der Waals surface area contributed by atoms with Crippen molar-refractivity contribution in [3.05, 3.63) is 11.6 Å². The summed E-state index contributed by atoms with van der Waals surface area (Å²) >= 11 is 0. The minimum atomic E-state index is 0.611. The predicted octanol–water partition coefficient (Wildman–Crippen LogP) is 5.32. The summed E-state index contributed by atoms with van der Waals surface area (Å²) in [4.78, 5) is 0. The lowest BCUT2D eigenvalue weighted by Crippen LogP contribution is -2.22. The smallest absolute Gasteiger partial charge is 0.00143 e. The molecule has 1 atom stereocenters. The van der Waals surface area contributed by atoms with Gasteiger partial charge < -0.3 is 5.32 Å². The van der Waals surface area contributed by atoms with Crippen molar-refractivity contribution in [1.29, 1.82) is 0 Å². The normalized spacial score (nSPS) is 23.6. The molecule has 0 heterocycles. The Labute approximate surface area is 121 Å². The average Bonchev–Trinajstić information content (AvgIpc) is 2.33. The van der Waals surface area contributed by atoms with Gasteiger partial charge in [-0.1, -0.05) is 51.7 Å². The second-order valence-electron chi connectivity index (χ2n) is 7.21. The highest BCUT2D eigenvalue weighted by atomic mass is 14.8. The van der Waals surface area contributed by atoms with Gasteiger partial charge in [-0.2, -0.15) is 0 Å². The van der Waals surface area contributed by atoms with Crippen molar-refractivity contribution in [3.8, 4) is 0 Å². The van der Waals surface area contributed by atoms with Crippen LogP contribution in [0.5, 0.6) is 0 Å². The van der Waals surface area contributed by atoms with Gasteiger partial charge in [-0.15, -0.1) is 0 Å². The van der Waals surface area contributed by atoms with E-state index in [0.717, 1.165) is 19.0 Å². The van der Waals surface area contributed by atoms with E-state index in [0.29, 0.717) is 5.41 Å². The second-order valence-corrected chi connectivity index (χ2v) is 7.21. The third-order valence-corrected chi connectivity index (χ3v) is 4.55. The first-order valence-electron chi connectivity index (χ1n) is 8.40. The molecule has 0 aromatic heterocycles. The summed E-state index contributed by atoms with van der Waals surface area (Å²) < 4.78 is 0. The summed E-state index contributed by atoms with van der Waals surface area (Å²) in [7, 11) is 0. The molecule has 1 heteroatoms. The van der Waals surface area contributed by atoms with Crippen LogP contribution in [0.2, 0.25) is 0 Å². The lowest BCUT2D eigenvalue weighted by Gasteiger charge is -2.35. The molecular formula is C18H35N. The Morgan fingerprint density at radius 2 is 2.16 bits per heavy atom. The van der Waals surface area contributed by atoms with Crippen LogP contribution in [0.1, 0.15) is 79.1 Å². The highest BCUT2D eigenvalue weighted by molar-refractivity contribution is 4.98. The van der Waals surface area contributed by atoms with Crippen LogP contribution in [0.3, 0.4) is 0 Å². The van der Waals surface area contributed by atoms with Crippen LogP contribution in [-0.4, -0.2) is 13.1 Å². The summed E-state index contributed by atoms with van der Waals surface area (Å²) in [5, 5.41) is 3.38. The third kappa shape index (κ3) is 7.77. The lowest BCUT2D eigenvalue weighted by atomic mass is 9.71. The maximum Gasteiger partial charge on any atom is -0.00143 e. The molecule has 1 saturated carbocycles. The van der Waals surface area contributed by atoms with Gasteiger partial charge in [0, 0.05) is 0 Å². The van der Waals surface area contributed by atoms with Gasteiger partial charge in [0.2, 0.25) is 0 Å². The van der Waals surface area contributed by atoms with Gasteiger partial charge in [0.25, 0.3) is 0 Å². The van der Waals surface area contributed by atoms with Crippen LogP contribution in [0.4, 0.5) is 0 Å². The molecule has 0 aliphatic heterocycles. The molecule has 1 N–H and O–H groups in total. The van der Waals surface area contributed by atoms with Gasteiger partial charge in [0.15, 0.2) is 0 Å². The number of hydrogen-bond acceptors (Lipinski definition) is 1. The van der Waals surface area contributed by atoms with E-state index in [1.54, 1.807) is 5.57 Å². The molecule has 0 amide bonds. The van der Waals surface area contributed by atoms with Gasteiger partial charge in [-0.3, -0.25) is 0 Å². The van der Waals surface area contributed by atoms with Gasteiger partial charge in [-0.05, 0) is 63.5 Å². The SMILES string of the molecule is CCNCCC=C(C)CCCC1CCCC(C)(C)C1. The van der Waals surface area contributed by atoms with Crippen LogP contribution in [0.25, 0.3) is 0 Å². The van der Waals surface area contributed by atoms with E-state index in [-0.39, 0.29) is 0 Å². The fourth-order valence-corrected chi connectivity index (χ4v) is 3.47. The first-order valence-corrected chi connectivity index (χ1v) is 8.40. The quantitative estimate of drug-likeness (QED) is 0.462. The minimum absolute atomic E-state index is 0.611. The van der Waals surface area contributed by atoms with Gasteiger partial charge >= 0.3 is 0 Å². The predicted molar refractivity (Wildman–Crippen MR) is 86.5 cm³/mol. The molecule has 1 rings (SSSR count). The Balaban J connectivity index is 2.12. The van der Waals surface area contributed by atoms with E-state index in [1.807, 2.05) is 0 Å². The zero-order valence-electron chi connectivity index (χ0n) is 13.7. The molecule has 0 radical (unpaired) electrons. The zero-order valence-corrected chi connectivity index (χ0v) is 13.7. The maximum absolute atomic E-state index is 3.38. The van der Waals surface area contributed by atoms with Crippen LogP contribution < -0.4 is 5.32 Å². The molecule has 1 fully saturated rings. The molecular weight excluding hydrogens is 230 g/mol. The Morgan fingerprint density at radius 1 is 1.37 bits per heavy atom. The molecule has 0 aromatic carbocycles. The first-order chi connectivity index (χ1) is 9.03. The molecule has 0 aromatic rings. The van der Waals surface area contributed by atoms with Gasteiger partial charge in [-0.25, -0.2) is 0 Å². The molecule has 1 unspecified atom stereocenters. The van der Waals surface area contributed by atoms with Gasteiger partial charge in [0.1, 0.15) is 0 Å². The summed E-state index contributed by atoms with van der Waals surface area (Å²) in [5.74, 6) is 0.998. The van der Waals surface area contributed by atoms with Crippen molar-refractivity contribution in [2.45, 2.75) is 79.1 Å². The number of nitrogens with one attached hydrogen (secondary N) is 1. The molecule has 0 saturated heterocycles. The topological polar surface area (TPSA) is 12.0 Å². The Bertz CT molecular complexity index is 265. The average molecular weight is 265 g/mol. The monoisotopic (exact) mass is 265 g/mol. The van der Waals surface area contributed by atoms with E-state index in [4.69, 9.17) is 0 Å². The van der Waals surface area contributed by atoms with Crippen molar-refractivity contribution in [1.82, 2.24) is 5.32 Å². The number of allylic oxidation sites excluding steroid dienone is 1. The van der Waals surface area contributed by atoms with Crippen molar-refractivity contribution >= 4 is 0 Å². The Hall–Kier alpha value is -0.300. The summed E-state index contributed by atoms with van der Waals surface area (Å²) in [6.45, 7) is 11.6. The molecule has 112 valence electrons. The fourth-order valence-electron chi connectivity index (χ4n) is 3.47. The van der Waals surface area contributed by atoms with E-state index in [2.05, 4.69) is 39.1 Å². The molecule has 1 aliphatic carbocycles. The summed E-state index contributed by atoms with van der Waals surface area (Å²) in [6.07, 6.45) is 13.6. The molecule has 1 nitrogen and oxygen atoms in total. The van der Waals surface area contributed by atoms with Crippen molar-refractivity contribution in [3.63, 3.8) is 0 Å². The lowest BCUT2D eigenvalue weighted by molar-refractivity contribution is 0.171. The molecule has 19 heavy (non-hydrogen) atoms. The standard InChI is InChI=1S/C18H35N/c1-5-19-14-8-10-16(2)9-6-11-17-12-7-13-18(3,4)15-17/h10,17,19H,5-9,11-15H2,1-4H3. The van der Waals surface area contributed by atoms with E-state index in [1.165, 1.54) is 51.4 Å². The fraction of sp³-hybridized carbons (Fsp3) is 0.889. The highest BCUT2D eigenvalue weighted by Gasteiger charge is 2.27. The van der Waals surface area contributed by atoms with Gasteiger partial charge in [0.05, 0.1) is 0 Å². The third-order valence-electron chi connectivity index (χ3n) is 4.55. The molecule has 1 aliphatic rings. The van der Waals surface area contributed by atoms with Crippen LogP contribution >= 0.6 is 0 Å². The van der Waals surface area contributed by atoms with Crippen molar-refractivity contribution in [2.24, 2.45) is 11.3 Å². The molecule has 0 spiro atoms. The maximum atomic E-state index is 3.38. The van der Waals surface area contributed by atoms with Crippen molar-refractivity contribution < 1.29 is 0 Å². The van der Waals surface area contributed by atoms with Crippen LogP contribution in [0.15, 0.2) is 11.6 Å². The summed E-state index contributed by atoms with van der Waals surface area (Å²) in [6, 6.07) is 0. The van der Waals surface area contributed by atoms with Crippen LogP contribution in [0, 0.1) is 11.3 Å². The first kappa shape index (κ1) is 16.8. The number of rotatable bonds is 8. The Kier molecular flexibility index (Phi) is 7.75. The number of hydrogen-bond donors (Lipinski definition) is 1. The zero-order chi connectivity index (χ0) is 14.1. The van der Waals surface area contributed by atoms with Crippen LogP contribution in [-0.2, 0) is 0 Å². The van der Waals surface area contributed by atoms with Crippen molar-refractivity contribution in [2.75, 3.05) is 13.1 Å². The highest BCUT2D eigenvalue weighted by Crippen LogP contribution is 2.40. The Morgan fingerprint density at radius 3 is 2.84 bits per heavy atom. The molecule has 0 bridgehead atoms.